The van der Waals surface area contributed by atoms with E-state index in [-0.39, 0.29) is 18.3 Å². The first kappa shape index (κ1) is 17.5. The topological polar surface area (TPSA) is 41.1 Å². The summed E-state index contributed by atoms with van der Waals surface area (Å²) in [6, 6.07) is 5.81. The Balaban J connectivity index is 0.00000200. The molecule has 0 bridgehead atoms. The zero-order valence-corrected chi connectivity index (χ0v) is 14.1. The lowest BCUT2D eigenvalue weighted by Crippen LogP contribution is -2.33. The highest BCUT2D eigenvalue weighted by Crippen LogP contribution is 2.18. The molecule has 3 nitrogen and oxygen atoms in total. The molecule has 1 fully saturated rings. The van der Waals surface area contributed by atoms with Gasteiger partial charge >= 0.3 is 0 Å². The number of amides is 1. The smallest absolute Gasteiger partial charge is 0.252 e. The second kappa shape index (κ2) is 8.65. The predicted octanol–water partition coefficient (Wildman–Crippen LogP) is 3.30. The summed E-state index contributed by atoms with van der Waals surface area (Å²) in [5.74, 6) is 0.714. The molecule has 1 aromatic carbocycles. The molecule has 1 unspecified atom stereocenters. The van der Waals surface area contributed by atoms with Crippen LogP contribution in [-0.2, 0) is 0 Å². The van der Waals surface area contributed by atoms with Crippen molar-refractivity contribution >= 4 is 34.2 Å². The first-order valence-electron chi connectivity index (χ1n) is 6.92. The third-order valence-corrected chi connectivity index (χ3v) is 4.26. The second-order valence-corrected chi connectivity index (χ2v) is 6.09. The van der Waals surface area contributed by atoms with Crippen LogP contribution in [-0.4, -0.2) is 25.5 Å². The Labute approximate surface area is 135 Å². The number of hydrogen-bond acceptors (Lipinski definition) is 2. The van der Waals surface area contributed by atoms with Gasteiger partial charge in [0.15, 0.2) is 0 Å². The lowest BCUT2D eigenvalue weighted by atomic mass is 9.96. The monoisotopic (exact) mass is 360 g/mol. The van der Waals surface area contributed by atoms with E-state index in [0.29, 0.717) is 11.5 Å². The zero-order valence-electron chi connectivity index (χ0n) is 11.7. The molecule has 1 saturated heterocycles. The maximum absolute atomic E-state index is 12.1. The van der Waals surface area contributed by atoms with Crippen molar-refractivity contribution in [3.8, 4) is 0 Å². The van der Waals surface area contributed by atoms with Gasteiger partial charge in [0.1, 0.15) is 0 Å². The zero-order chi connectivity index (χ0) is 13.7. The van der Waals surface area contributed by atoms with Gasteiger partial charge < -0.3 is 10.6 Å². The summed E-state index contributed by atoms with van der Waals surface area (Å²) in [7, 11) is 0. The number of piperidine rings is 1. The lowest BCUT2D eigenvalue weighted by Gasteiger charge is -2.22. The number of hydrogen-bond donors (Lipinski definition) is 2. The van der Waals surface area contributed by atoms with Crippen LogP contribution in [0.1, 0.15) is 35.2 Å². The lowest BCUT2D eigenvalue weighted by molar-refractivity contribution is 0.0950. The standard InChI is InChI=1S/C15H21BrN2O.ClH/c1-11-4-5-13(14(16)9-11)15(19)18-8-6-12-3-2-7-17-10-12;/h4-5,9,12,17H,2-3,6-8,10H2,1H3,(H,18,19);1H. The van der Waals surface area contributed by atoms with Gasteiger partial charge in [0, 0.05) is 11.0 Å². The van der Waals surface area contributed by atoms with Gasteiger partial charge in [-0.1, -0.05) is 6.07 Å². The summed E-state index contributed by atoms with van der Waals surface area (Å²) in [6.07, 6.45) is 3.58. The van der Waals surface area contributed by atoms with Crippen molar-refractivity contribution in [2.45, 2.75) is 26.2 Å². The van der Waals surface area contributed by atoms with E-state index in [1.807, 2.05) is 25.1 Å². The molecule has 1 aliphatic heterocycles. The third kappa shape index (κ3) is 5.08. The molecule has 1 heterocycles. The van der Waals surface area contributed by atoms with Gasteiger partial charge in [-0.3, -0.25) is 4.79 Å². The molecule has 112 valence electrons. The molecule has 1 aromatic rings. The number of carbonyl (C=O) groups is 1. The van der Waals surface area contributed by atoms with Crippen LogP contribution >= 0.6 is 28.3 Å². The van der Waals surface area contributed by atoms with Crippen LogP contribution in [0, 0.1) is 12.8 Å². The van der Waals surface area contributed by atoms with Crippen LogP contribution in [0.25, 0.3) is 0 Å². The highest BCUT2D eigenvalue weighted by Gasteiger charge is 2.14. The molecular weight excluding hydrogens is 340 g/mol. The van der Waals surface area contributed by atoms with Gasteiger partial charge in [-0.05, 0) is 78.8 Å². The number of rotatable bonds is 4. The van der Waals surface area contributed by atoms with E-state index in [2.05, 4.69) is 26.6 Å². The molecule has 0 radical (unpaired) electrons. The molecule has 5 heteroatoms. The minimum atomic E-state index is 0. The molecule has 20 heavy (non-hydrogen) atoms. The van der Waals surface area contributed by atoms with E-state index in [4.69, 9.17) is 0 Å². The van der Waals surface area contributed by atoms with Crippen LogP contribution in [0.2, 0.25) is 0 Å². The van der Waals surface area contributed by atoms with Gasteiger partial charge in [0.2, 0.25) is 0 Å². The number of aryl methyl sites for hydroxylation is 1. The van der Waals surface area contributed by atoms with E-state index in [9.17, 15) is 4.79 Å². The van der Waals surface area contributed by atoms with Crippen LogP contribution in [0.15, 0.2) is 22.7 Å². The molecule has 2 N–H and O–H groups in total. The SMILES string of the molecule is Cc1ccc(C(=O)NCCC2CCCNC2)c(Br)c1.Cl. The van der Waals surface area contributed by atoms with Gasteiger partial charge in [-0.25, -0.2) is 0 Å². The molecule has 0 aromatic heterocycles. The summed E-state index contributed by atoms with van der Waals surface area (Å²) >= 11 is 3.45. The Kier molecular flexibility index (Phi) is 7.56. The van der Waals surface area contributed by atoms with Crippen LogP contribution in [0.4, 0.5) is 0 Å². The minimum Gasteiger partial charge on any atom is -0.352 e. The summed E-state index contributed by atoms with van der Waals surface area (Å²) in [4.78, 5) is 12.1. The average molecular weight is 362 g/mol. The van der Waals surface area contributed by atoms with Crippen molar-refractivity contribution in [1.82, 2.24) is 10.6 Å². The Hall–Kier alpha value is -0.580. The predicted molar refractivity (Wildman–Crippen MR) is 88.7 cm³/mol. The maximum Gasteiger partial charge on any atom is 0.252 e. The highest BCUT2D eigenvalue weighted by atomic mass is 79.9. The quantitative estimate of drug-likeness (QED) is 0.864. The fourth-order valence-corrected chi connectivity index (χ4v) is 3.13. The first-order chi connectivity index (χ1) is 9.16. The average Bonchev–Trinajstić information content (AvgIpc) is 2.39. The first-order valence-corrected chi connectivity index (χ1v) is 7.71. The van der Waals surface area contributed by atoms with E-state index in [0.717, 1.165) is 36.1 Å². The van der Waals surface area contributed by atoms with Crippen molar-refractivity contribution in [2.24, 2.45) is 5.92 Å². The maximum atomic E-state index is 12.1. The highest BCUT2D eigenvalue weighted by molar-refractivity contribution is 9.10. The molecule has 0 aliphatic carbocycles. The Bertz CT molecular complexity index is 447. The van der Waals surface area contributed by atoms with Crippen molar-refractivity contribution in [1.29, 1.82) is 0 Å². The van der Waals surface area contributed by atoms with Crippen molar-refractivity contribution in [2.75, 3.05) is 19.6 Å². The molecule has 1 aliphatic rings. The third-order valence-electron chi connectivity index (χ3n) is 3.61. The summed E-state index contributed by atoms with van der Waals surface area (Å²) < 4.78 is 0.865. The normalized spacial score (nSPS) is 18.2. The van der Waals surface area contributed by atoms with Gasteiger partial charge in [0.25, 0.3) is 5.91 Å². The molecule has 0 spiro atoms. The van der Waals surface area contributed by atoms with Gasteiger partial charge in [0.05, 0.1) is 5.56 Å². The Morgan fingerprint density at radius 3 is 2.95 bits per heavy atom. The number of carbonyl (C=O) groups excluding carboxylic acids is 1. The number of benzene rings is 1. The Morgan fingerprint density at radius 2 is 2.30 bits per heavy atom. The molecule has 1 atom stereocenters. The van der Waals surface area contributed by atoms with E-state index < -0.39 is 0 Å². The van der Waals surface area contributed by atoms with E-state index in [1.54, 1.807) is 0 Å². The number of nitrogens with one attached hydrogen (secondary N) is 2. The molecular formula is C15H22BrClN2O. The molecule has 0 saturated carbocycles. The number of halogens is 2. The largest absolute Gasteiger partial charge is 0.352 e. The minimum absolute atomic E-state index is 0. The van der Waals surface area contributed by atoms with Crippen LogP contribution in [0.5, 0.6) is 0 Å². The van der Waals surface area contributed by atoms with Crippen molar-refractivity contribution < 1.29 is 4.79 Å². The molecule has 2 rings (SSSR count). The summed E-state index contributed by atoms with van der Waals surface area (Å²) in [6.45, 7) is 5.00. The van der Waals surface area contributed by atoms with Crippen LogP contribution < -0.4 is 10.6 Å². The van der Waals surface area contributed by atoms with Crippen molar-refractivity contribution in [3.05, 3.63) is 33.8 Å². The summed E-state index contributed by atoms with van der Waals surface area (Å²) in [5.41, 5.74) is 1.86. The summed E-state index contributed by atoms with van der Waals surface area (Å²) in [5, 5.41) is 6.41. The van der Waals surface area contributed by atoms with E-state index >= 15 is 0 Å². The molecule has 1 amide bonds. The van der Waals surface area contributed by atoms with Gasteiger partial charge in [-0.2, -0.15) is 0 Å². The van der Waals surface area contributed by atoms with E-state index in [1.165, 1.54) is 12.8 Å². The van der Waals surface area contributed by atoms with Crippen LogP contribution in [0.3, 0.4) is 0 Å². The fourth-order valence-electron chi connectivity index (χ4n) is 2.46. The van der Waals surface area contributed by atoms with Crippen molar-refractivity contribution in [3.63, 3.8) is 0 Å². The second-order valence-electron chi connectivity index (χ2n) is 5.24. The van der Waals surface area contributed by atoms with Gasteiger partial charge in [-0.15, -0.1) is 12.4 Å². The Morgan fingerprint density at radius 1 is 1.50 bits per heavy atom. The fraction of sp³-hybridized carbons (Fsp3) is 0.533.